The molecule has 2 rings (SSSR count). The van der Waals surface area contributed by atoms with E-state index < -0.39 is 0 Å². The molecule has 0 saturated carbocycles. The van der Waals surface area contributed by atoms with E-state index in [2.05, 4.69) is 0 Å². The zero-order chi connectivity index (χ0) is 15.2. The number of carbonyl (C=O) groups excluding carboxylic acids is 1. The molecule has 0 aliphatic heterocycles. The number of hydrogen-bond donors (Lipinski definition) is 0. The molecule has 0 aliphatic rings. The first-order chi connectivity index (χ1) is 10.1. The normalized spacial score (nSPS) is 10.5. The second kappa shape index (κ2) is 6.83. The summed E-state index contributed by atoms with van der Waals surface area (Å²) < 4.78 is 2.65. The molecule has 21 heavy (non-hydrogen) atoms. The molecule has 5 heteroatoms. The molecule has 0 aliphatic carbocycles. The van der Waals surface area contributed by atoms with Crippen molar-refractivity contribution in [3.05, 3.63) is 69.0 Å². The molecule has 110 valence electrons. The van der Waals surface area contributed by atoms with Gasteiger partial charge in [-0.15, -0.1) is 0 Å². The van der Waals surface area contributed by atoms with E-state index in [1.165, 1.54) is 21.4 Å². The fraction of sp³-hybridized carbons (Fsp3) is 0.312. The molecule has 0 radical (unpaired) electrons. The third kappa shape index (κ3) is 3.56. The first-order valence-corrected chi connectivity index (χ1v) is 7.02. The Morgan fingerprint density at radius 2 is 1.81 bits per heavy atom. The van der Waals surface area contributed by atoms with Crippen LogP contribution in [0.5, 0.6) is 0 Å². The monoisotopic (exact) mass is 286 g/mol. The molecule has 1 aromatic heterocycles. The second-order valence-corrected chi connectivity index (χ2v) is 4.77. The summed E-state index contributed by atoms with van der Waals surface area (Å²) >= 11 is 0. The molecule has 5 nitrogen and oxygen atoms in total. The third-order valence-corrected chi connectivity index (χ3v) is 3.36. The van der Waals surface area contributed by atoms with Crippen LogP contribution in [0.25, 0.3) is 0 Å². The number of aromatic nitrogens is 2. The first kappa shape index (κ1) is 15.0. The summed E-state index contributed by atoms with van der Waals surface area (Å²) in [6, 6.07) is 10.4. The van der Waals surface area contributed by atoms with E-state index in [4.69, 9.17) is 0 Å². The van der Waals surface area contributed by atoms with Gasteiger partial charge < -0.3 is 4.57 Å². The number of aryl methyl sites for hydroxylation is 1. The SMILES string of the molecule is CCn1ccc(=O)n(CCCC(=O)c2ccccc2)c1=O. The molecule has 0 unspecified atom stereocenters. The topological polar surface area (TPSA) is 61.1 Å². The highest BCUT2D eigenvalue weighted by molar-refractivity contribution is 5.95. The first-order valence-electron chi connectivity index (χ1n) is 7.02. The minimum atomic E-state index is -0.322. The van der Waals surface area contributed by atoms with E-state index in [-0.39, 0.29) is 23.6 Å². The molecule has 0 fully saturated rings. The van der Waals surface area contributed by atoms with Gasteiger partial charge in [0.2, 0.25) is 0 Å². The van der Waals surface area contributed by atoms with Crippen molar-refractivity contribution in [3.8, 4) is 0 Å². The fourth-order valence-electron chi connectivity index (χ4n) is 2.17. The predicted octanol–water partition coefficient (Wildman–Crippen LogP) is 1.69. The van der Waals surface area contributed by atoms with Crippen molar-refractivity contribution in [3.63, 3.8) is 0 Å². The summed E-state index contributed by atoms with van der Waals surface area (Å²) in [4.78, 5) is 35.7. The number of nitrogens with zero attached hydrogens (tertiary/aromatic N) is 2. The molecule has 0 amide bonds. The smallest absolute Gasteiger partial charge is 0.301 e. The van der Waals surface area contributed by atoms with E-state index >= 15 is 0 Å². The molecular formula is C16H18N2O3. The van der Waals surface area contributed by atoms with Gasteiger partial charge in [0.15, 0.2) is 5.78 Å². The minimum absolute atomic E-state index is 0.0235. The number of benzene rings is 1. The Labute approximate surface area is 122 Å². The molecule has 0 spiro atoms. The summed E-state index contributed by atoms with van der Waals surface area (Å²) in [5.41, 5.74) is 0.0119. The van der Waals surface area contributed by atoms with Gasteiger partial charge in [0, 0.05) is 37.3 Å². The second-order valence-electron chi connectivity index (χ2n) is 4.77. The lowest BCUT2D eigenvalue weighted by atomic mass is 10.1. The molecule has 2 aromatic rings. The Morgan fingerprint density at radius 1 is 1.10 bits per heavy atom. The van der Waals surface area contributed by atoms with Gasteiger partial charge in [0.05, 0.1) is 0 Å². The quantitative estimate of drug-likeness (QED) is 0.759. The highest BCUT2D eigenvalue weighted by Gasteiger charge is 2.07. The van der Waals surface area contributed by atoms with Crippen LogP contribution in [0.1, 0.15) is 30.1 Å². The van der Waals surface area contributed by atoms with Gasteiger partial charge in [-0.05, 0) is 13.3 Å². The average molecular weight is 286 g/mol. The Kier molecular flexibility index (Phi) is 4.87. The van der Waals surface area contributed by atoms with E-state index in [0.717, 1.165) is 0 Å². The number of hydrogen-bond acceptors (Lipinski definition) is 3. The molecular weight excluding hydrogens is 268 g/mol. The van der Waals surface area contributed by atoms with Crippen molar-refractivity contribution in [2.24, 2.45) is 0 Å². The van der Waals surface area contributed by atoms with Crippen molar-refractivity contribution in [2.75, 3.05) is 0 Å². The van der Waals surface area contributed by atoms with Crippen molar-refractivity contribution in [1.29, 1.82) is 0 Å². The summed E-state index contributed by atoms with van der Waals surface area (Å²) in [6.45, 7) is 2.62. The molecule has 0 bridgehead atoms. The standard InChI is InChI=1S/C16H18N2O3/c1-2-17-12-10-15(20)18(16(17)21)11-6-9-14(19)13-7-4-3-5-8-13/h3-5,7-8,10,12H,2,6,9,11H2,1H3. The summed E-state index contributed by atoms with van der Waals surface area (Å²) in [6.07, 6.45) is 2.28. The van der Waals surface area contributed by atoms with Gasteiger partial charge in [-0.2, -0.15) is 0 Å². The summed E-state index contributed by atoms with van der Waals surface area (Å²) in [5, 5.41) is 0. The Morgan fingerprint density at radius 3 is 2.48 bits per heavy atom. The van der Waals surface area contributed by atoms with Crippen LogP contribution in [-0.2, 0) is 13.1 Å². The van der Waals surface area contributed by atoms with E-state index in [1.54, 1.807) is 12.1 Å². The van der Waals surface area contributed by atoms with Crippen molar-refractivity contribution in [1.82, 2.24) is 9.13 Å². The number of Topliss-reactive ketones (excluding diaryl/α,β-unsaturated/α-hetero) is 1. The van der Waals surface area contributed by atoms with Crippen molar-refractivity contribution < 1.29 is 4.79 Å². The maximum atomic E-state index is 12.0. The molecule has 0 atom stereocenters. The van der Waals surface area contributed by atoms with Gasteiger partial charge in [0.1, 0.15) is 0 Å². The Bertz CT molecular complexity index is 729. The van der Waals surface area contributed by atoms with Crippen LogP contribution < -0.4 is 11.2 Å². The van der Waals surface area contributed by atoms with Crippen LogP contribution >= 0.6 is 0 Å². The van der Waals surface area contributed by atoms with Gasteiger partial charge in [0.25, 0.3) is 5.56 Å². The number of ketones is 1. The van der Waals surface area contributed by atoms with E-state index in [0.29, 0.717) is 24.9 Å². The zero-order valence-corrected chi connectivity index (χ0v) is 12.0. The molecule has 1 aromatic carbocycles. The van der Waals surface area contributed by atoms with E-state index in [9.17, 15) is 14.4 Å². The Hall–Kier alpha value is -2.43. The number of carbonyl (C=O) groups is 1. The van der Waals surface area contributed by atoms with Gasteiger partial charge in [-0.1, -0.05) is 30.3 Å². The third-order valence-electron chi connectivity index (χ3n) is 3.36. The predicted molar refractivity (Wildman–Crippen MR) is 80.6 cm³/mol. The van der Waals surface area contributed by atoms with Crippen LogP contribution in [0.3, 0.4) is 0 Å². The average Bonchev–Trinajstić information content (AvgIpc) is 2.51. The lowest BCUT2D eigenvalue weighted by molar-refractivity contribution is 0.0978. The summed E-state index contributed by atoms with van der Waals surface area (Å²) in [5.74, 6) is 0.0235. The van der Waals surface area contributed by atoms with Crippen LogP contribution in [0, 0.1) is 0 Å². The molecule has 0 saturated heterocycles. The van der Waals surface area contributed by atoms with Crippen molar-refractivity contribution in [2.45, 2.75) is 32.9 Å². The van der Waals surface area contributed by atoms with E-state index in [1.807, 2.05) is 25.1 Å². The van der Waals surface area contributed by atoms with Crippen molar-refractivity contribution >= 4 is 5.78 Å². The largest absolute Gasteiger partial charge is 0.330 e. The van der Waals surface area contributed by atoms with Gasteiger partial charge >= 0.3 is 5.69 Å². The highest BCUT2D eigenvalue weighted by Crippen LogP contribution is 2.05. The highest BCUT2D eigenvalue weighted by atomic mass is 16.2. The van der Waals surface area contributed by atoms with Gasteiger partial charge in [-0.25, -0.2) is 4.79 Å². The van der Waals surface area contributed by atoms with Crippen LogP contribution in [0.2, 0.25) is 0 Å². The zero-order valence-electron chi connectivity index (χ0n) is 12.0. The lowest BCUT2D eigenvalue weighted by Gasteiger charge is -2.07. The molecule has 1 heterocycles. The minimum Gasteiger partial charge on any atom is -0.301 e. The van der Waals surface area contributed by atoms with Crippen LogP contribution in [0.4, 0.5) is 0 Å². The molecule has 0 N–H and O–H groups in total. The lowest BCUT2D eigenvalue weighted by Crippen LogP contribution is -2.38. The van der Waals surface area contributed by atoms with Crippen LogP contribution in [0.15, 0.2) is 52.2 Å². The van der Waals surface area contributed by atoms with Gasteiger partial charge in [-0.3, -0.25) is 14.2 Å². The fourth-order valence-corrected chi connectivity index (χ4v) is 2.17. The number of rotatable bonds is 6. The summed E-state index contributed by atoms with van der Waals surface area (Å²) in [7, 11) is 0. The van der Waals surface area contributed by atoms with Crippen LogP contribution in [-0.4, -0.2) is 14.9 Å². The Balaban J connectivity index is 2.03. The maximum absolute atomic E-state index is 12.0. The maximum Gasteiger partial charge on any atom is 0.330 e.